The SMILES string of the molecule is CCN(Cc1nc(COC)no1)C(=O)c1ccc2nc(C)[nH]c2c1. The lowest BCUT2D eigenvalue weighted by Gasteiger charge is -2.18. The molecule has 0 saturated carbocycles. The van der Waals surface area contributed by atoms with E-state index in [1.807, 2.05) is 26.0 Å². The maximum atomic E-state index is 12.7. The van der Waals surface area contributed by atoms with Crippen LogP contribution in [0, 0.1) is 6.92 Å². The van der Waals surface area contributed by atoms with Gasteiger partial charge in [0.05, 0.1) is 11.0 Å². The van der Waals surface area contributed by atoms with E-state index in [-0.39, 0.29) is 19.1 Å². The predicted octanol–water partition coefficient (Wildman–Crippen LogP) is 2.06. The van der Waals surface area contributed by atoms with E-state index >= 15 is 0 Å². The van der Waals surface area contributed by atoms with Gasteiger partial charge in [0.2, 0.25) is 5.89 Å². The van der Waals surface area contributed by atoms with Crippen molar-refractivity contribution in [2.45, 2.75) is 27.0 Å². The summed E-state index contributed by atoms with van der Waals surface area (Å²) in [6.45, 7) is 4.85. The molecular weight excluding hydrogens is 310 g/mol. The molecule has 0 bridgehead atoms. The van der Waals surface area contributed by atoms with Crippen LogP contribution in [0.1, 0.15) is 34.8 Å². The summed E-state index contributed by atoms with van der Waals surface area (Å²) < 4.78 is 10.1. The third-order valence-electron chi connectivity index (χ3n) is 3.63. The fourth-order valence-electron chi connectivity index (χ4n) is 2.49. The summed E-state index contributed by atoms with van der Waals surface area (Å²) in [6, 6.07) is 5.42. The molecule has 0 aliphatic heterocycles. The Morgan fingerprint density at radius 1 is 1.38 bits per heavy atom. The van der Waals surface area contributed by atoms with Crippen LogP contribution in [0.2, 0.25) is 0 Å². The van der Waals surface area contributed by atoms with Crippen LogP contribution >= 0.6 is 0 Å². The van der Waals surface area contributed by atoms with Crippen LogP contribution in [0.5, 0.6) is 0 Å². The Hall–Kier alpha value is -2.74. The van der Waals surface area contributed by atoms with Crippen LogP contribution in [-0.2, 0) is 17.9 Å². The Bertz CT molecular complexity index is 854. The van der Waals surface area contributed by atoms with Gasteiger partial charge in [-0.1, -0.05) is 5.16 Å². The van der Waals surface area contributed by atoms with Gasteiger partial charge in [-0.3, -0.25) is 4.79 Å². The number of imidazole rings is 1. The van der Waals surface area contributed by atoms with Crippen LogP contribution < -0.4 is 0 Å². The number of rotatable bonds is 6. The Kier molecular flexibility index (Phi) is 4.57. The molecule has 1 N–H and O–H groups in total. The molecule has 0 unspecified atom stereocenters. The van der Waals surface area contributed by atoms with E-state index < -0.39 is 0 Å². The summed E-state index contributed by atoms with van der Waals surface area (Å²) in [7, 11) is 1.56. The molecule has 3 rings (SSSR count). The molecule has 0 radical (unpaired) electrons. The standard InChI is InChI=1S/C16H19N5O3/c1-4-21(8-15-19-14(9-23-3)20-24-15)16(22)11-5-6-12-13(7-11)18-10(2)17-12/h5-7H,4,8-9H2,1-3H3,(H,17,18). The van der Waals surface area contributed by atoms with E-state index in [0.29, 0.717) is 23.8 Å². The van der Waals surface area contributed by atoms with Gasteiger partial charge < -0.3 is 19.1 Å². The van der Waals surface area contributed by atoms with Crippen LogP contribution in [0.3, 0.4) is 0 Å². The van der Waals surface area contributed by atoms with Gasteiger partial charge in [-0.25, -0.2) is 4.98 Å². The van der Waals surface area contributed by atoms with E-state index in [1.54, 1.807) is 18.1 Å². The molecule has 24 heavy (non-hydrogen) atoms. The second kappa shape index (κ2) is 6.79. The number of carbonyl (C=O) groups is 1. The highest BCUT2D eigenvalue weighted by molar-refractivity contribution is 5.97. The number of aryl methyl sites for hydroxylation is 1. The number of aromatic nitrogens is 4. The lowest BCUT2D eigenvalue weighted by atomic mass is 10.1. The van der Waals surface area contributed by atoms with Crippen molar-refractivity contribution in [3.63, 3.8) is 0 Å². The second-order valence-electron chi connectivity index (χ2n) is 5.41. The molecule has 0 aliphatic carbocycles. The fourth-order valence-corrected chi connectivity index (χ4v) is 2.49. The number of fused-ring (bicyclic) bond motifs is 1. The first kappa shape index (κ1) is 16.1. The number of H-pyrrole nitrogens is 1. The summed E-state index contributed by atoms with van der Waals surface area (Å²) in [4.78, 5) is 26.1. The number of aromatic amines is 1. The number of methoxy groups -OCH3 is 1. The van der Waals surface area contributed by atoms with Crippen molar-refractivity contribution in [1.82, 2.24) is 25.0 Å². The zero-order valence-electron chi connectivity index (χ0n) is 13.9. The molecule has 2 heterocycles. The normalized spacial score (nSPS) is 11.1. The van der Waals surface area contributed by atoms with Crippen LogP contribution in [0.15, 0.2) is 22.7 Å². The second-order valence-corrected chi connectivity index (χ2v) is 5.41. The van der Waals surface area contributed by atoms with Crippen LogP contribution in [0.4, 0.5) is 0 Å². The zero-order valence-corrected chi connectivity index (χ0v) is 13.9. The number of hydrogen-bond acceptors (Lipinski definition) is 6. The molecule has 1 aromatic carbocycles. The van der Waals surface area contributed by atoms with Gasteiger partial charge >= 0.3 is 0 Å². The number of ether oxygens (including phenoxy) is 1. The molecule has 0 saturated heterocycles. The molecule has 1 amide bonds. The highest BCUT2D eigenvalue weighted by atomic mass is 16.5. The Morgan fingerprint density at radius 3 is 2.96 bits per heavy atom. The van der Waals surface area contributed by atoms with E-state index in [4.69, 9.17) is 9.26 Å². The number of amides is 1. The molecule has 0 aliphatic rings. The van der Waals surface area contributed by atoms with E-state index in [0.717, 1.165) is 16.9 Å². The lowest BCUT2D eigenvalue weighted by Crippen LogP contribution is -2.30. The Labute approximate surface area is 138 Å². The van der Waals surface area contributed by atoms with Crippen molar-refractivity contribution in [1.29, 1.82) is 0 Å². The van der Waals surface area contributed by atoms with E-state index in [9.17, 15) is 4.79 Å². The molecular formula is C16H19N5O3. The maximum Gasteiger partial charge on any atom is 0.254 e. The number of carbonyl (C=O) groups excluding carboxylic acids is 1. The van der Waals surface area contributed by atoms with Crippen molar-refractivity contribution in [2.24, 2.45) is 0 Å². The van der Waals surface area contributed by atoms with Gasteiger partial charge in [-0.2, -0.15) is 4.98 Å². The Balaban J connectivity index is 1.78. The van der Waals surface area contributed by atoms with Gasteiger partial charge in [0.1, 0.15) is 19.0 Å². The highest BCUT2D eigenvalue weighted by Crippen LogP contribution is 2.16. The molecule has 8 nitrogen and oxygen atoms in total. The number of benzene rings is 1. The fraction of sp³-hybridized carbons (Fsp3) is 0.375. The average Bonchev–Trinajstić information content (AvgIpc) is 3.16. The maximum absolute atomic E-state index is 12.7. The van der Waals surface area contributed by atoms with Crippen LogP contribution in [-0.4, -0.2) is 44.6 Å². The topological polar surface area (TPSA) is 97.1 Å². The van der Waals surface area contributed by atoms with E-state index in [1.165, 1.54) is 0 Å². The largest absolute Gasteiger partial charge is 0.377 e. The highest BCUT2D eigenvalue weighted by Gasteiger charge is 2.18. The zero-order chi connectivity index (χ0) is 17.1. The minimum absolute atomic E-state index is 0.0989. The number of nitrogens with zero attached hydrogens (tertiary/aromatic N) is 4. The molecule has 0 spiro atoms. The molecule has 0 atom stereocenters. The predicted molar refractivity (Wildman–Crippen MR) is 86.3 cm³/mol. The third-order valence-corrected chi connectivity index (χ3v) is 3.63. The lowest BCUT2D eigenvalue weighted by molar-refractivity contribution is 0.0734. The average molecular weight is 329 g/mol. The quantitative estimate of drug-likeness (QED) is 0.743. The molecule has 2 aromatic heterocycles. The number of hydrogen-bond donors (Lipinski definition) is 1. The monoisotopic (exact) mass is 329 g/mol. The summed E-state index contributed by atoms with van der Waals surface area (Å²) in [5.41, 5.74) is 2.27. The van der Waals surface area contributed by atoms with Crippen molar-refractivity contribution >= 4 is 16.9 Å². The van der Waals surface area contributed by atoms with Crippen molar-refractivity contribution in [2.75, 3.05) is 13.7 Å². The summed E-state index contributed by atoms with van der Waals surface area (Å²) in [5, 5.41) is 3.81. The first-order valence-corrected chi connectivity index (χ1v) is 7.66. The van der Waals surface area contributed by atoms with Gasteiger partial charge in [-0.15, -0.1) is 0 Å². The van der Waals surface area contributed by atoms with Gasteiger partial charge in [0, 0.05) is 19.2 Å². The van der Waals surface area contributed by atoms with Gasteiger partial charge in [0.15, 0.2) is 5.82 Å². The van der Waals surface area contributed by atoms with Crippen LogP contribution in [0.25, 0.3) is 11.0 Å². The van der Waals surface area contributed by atoms with Crippen molar-refractivity contribution in [3.05, 3.63) is 41.3 Å². The molecule has 3 aromatic rings. The third kappa shape index (κ3) is 3.28. The summed E-state index contributed by atoms with van der Waals surface area (Å²) in [5.74, 6) is 1.57. The van der Waals surface area contributed by atoms with Crippen molar-refractivity contribution in [3.8, 4) is 0 Å². The smallest absolute Gasteiger partial charge is 0.254 e. The number of nitrogens with one attached hydrogen (secondary N) is 1. The molecule has 0 fully saturated rings. The minimum atomic E-state index is -0.0989. The van der Waals surface area contributed by atoms with Crippen molar-refractivity contribution < 1.29 is 14.1 Å². The summed E-state index contributed by atoms with van der Waals surface area (Å²) >= 11 is 0. The first-order valence-electron chi connectivity index (χ1n) is 7.66. The first-order chi connectivity index (χ1) is 11.6. The molecule has 126 valence electrons. The van der Waals surface area contributed by atoms with Gasteiger partial charge in [0.25, 0.3) is 5.91 Å². The van der Waals surface area contributed by atoms with E-state index in [2.05, 4.69) is 20.1 Å². The minimum Gasteiger partial charge on any atom is -0.377 e. The molecule has 8 heteroatoms. The Morgan fingerprint density at radius 2 is 2.21 bits per heavy atom. The summed E-state index contributed by atoms with van der Waals surface area (Å²) in [6.07, 6.45) is 0. The van der Waals surface area contributed by atoms with Gasteiger partial charge in [-0.05, 0) is 32.0 Å².